The number of aromatic nitrogens is 2. The van der Waals surface area contributed by atoms with Crippen LogP contribution in [0.2, 0.25) is 0 Å². The molecule has 6 N–H and O–H groups in total. The van der Waals surface area contributed by atoms with E-state index in [1.54, 1.807) is 22.0 Å². The fourth-order valence-corrected chi connectivity index (χ4v) is 6.59. The Morgan fingerprint density at radius 1 is 0.660 bits per heavy atom. The van der Waals surface area contributed by atoms with E-state index in [9.17, 15) is 28.0 Å². The Morgan fingerprint density at radius 2 is 1.04 bits per heavy atom. The molecule has 1 saturated heterocycles. The van der Waals surface area contributed by atoms with Crippen molar-refractivity contribution in [1.82, 2.24) is 19.8 Å². The van der Waals surface area contributed by atoms with Crippen LogP contribution in [-0.2, 0) is 9.59 Å². The lowest BCUT2D eigenvalue weighted by molar-refractivity contribution is -0.111. The van der Waals surface area contributed by atoms with Crippen molar-refractivity contribution in [1.29, 1.82) is 0 Å². The average Bonchev–Trinajstić information content (AvgIpc) is 3.74. The van der Waals surface area contributed by atoms with Crippen molar-refractivity contribution in [2.75, 3.05) is 47.4 Å². The molecule has 0 atom stereocenters. The zero-order valence-electron chi connectivity index (χ0n) is 27.7. The predicted molar refractivity (Wildman–Crippen MR) is 188 cm³/mol. The molecule has 7 rings (SSSR count). The van der Waals surface area contributed by atoms with Gasteiger partial charge in [0, 0.05) is 71.5 Å². The second kappa shape index (κ2) is 12.4. The van der Waals surface area contributed by atoms with Gasteiger partial charge in [0.15, 0.2) is 0 Å². The second-order valence-corrected chi connectivity index (χ2v) is 12.6. The molecule has 3 aliphatic heterocycles. The highest BCUT2D eigenvalue weighted by atomic mass is 19.1. The van der Waals surface area contributed by atoms with E-state index in [0.717, 1.165) is 11.1 Å². The molecule has 14 heteroatoms. The first-order chi connectivity index (χ1) is 23.9. The van der Waals surface area contributed by atoms with Crippen molar-refractivity contribution in [2.24, 2.45) is 0 Å². The molecule has 2 aromatic carbocycles. The van der Waals surface area contributed by atoms with E-state index in [-0.39, 0.29) is 23.9 Å². The van der Waals surface area contributed by atoms with Crippen molar-refractivity contribution in [3.63, 3.8) is 0 Å². The highest BCUT2D eigenvalue weighted by Gasteiger charge is 2.29. The summed E-state index contributed by atoms with van der Waals surface area (Å²) in [7, 11) is 0. The summed E-state index contributed by atoms with van der Waals surface area (Å²) in [5.41, 5.74) is 7.83. The van der Waals surface area contributed by atoms with Crippen LogP contribution in [0.25, 0.3) is 23.3 Å². The molecule has 6 amide bonds. The number of piperazine rings is 1. The fourth-order valence-electron chi connectivity index (χ4n) is 6.59. The SMILES string of the molecule is Cc1[nH]c(/C=C2\C(=O)Nc3ccc(F)cc32)c(C)c1NC(=O)N1CCN(C(=O)Nc2c(C)[nH]c(/C=C3\C(=O)Nc4ccc(F)cc43)c2C)CC1. The number of carbonyl (C=O) groups excluding carboxylic acids is 4. The van der Waals surface area contributed by atoms with Gasteiger partial charge in [-0.05, 0) is 87.4 Å². The highest BCUT2D eigenvalue weighted by Crippen LogP contribution is 2.37. The maximum absolute atomic E-state index is 13.9. The largest absolute Gasteiger partial charge is 0.357 e. The van der Waals surface area contributed by atoms with Crippen molar-refractivity contribution >= 4 is 69.9 Å². The number of nitrogens with zero attached hydrogens (tertiary/aromatic N) is 2. The molecule has 5 heterocycles. The van der Waals surface area contributed by atoms with E-state index >= 15 is 0 Å². The van der Waals surface area contributed by atoms with Crippen molar-refractivity contribution < 1.29 is 28.0 Å². The molecule has 4 aromatic rings. The minimum absolute atomic E-state index is 0.300. The number of hydrogen-bond acceptors (Lipinski definition) is 4. The summed E-state index contributed by atoms with van der Waals surface area (Å²) in [6, 6.07) is 7.58. The number of rotatable bonds is 4. The number of urea groups is 2. The number of hydrogen-bond donors (Lipinski definition) is 6. The first-order valence-corrected chi connectivity index (χ1v) is 16.0. The highest BCUT2D eigenvalue weighted by molar-refractivity contribution is 6.35. The smallest absolute Gasteiger partial charge is 0.322 e. The Kier molecular flexibility index (Phi) is 8.01. The van der Waals surface area contributed by atoms with Gasteiger partial charge in [-0.2, -0.15) is 0 Å². The molecule has 0 spiro atoms. The van der Waals surface area contributed by atoms with Gasteiger partial charge in [-0.3, -0.25) is 9.59 Å². The Morgan fingerprint density at radius 3 is 1.42 bits per heavy atom. The van der Waals surface area contributed by atoms with E-state index in [0.29, 0.717) is 94.0 Å². The summed E-state index contributed by atoms with van der Waals surface area (Å²) in [4.78, 5) is 61.5. The fraction of sp³-hybridized carbons (Fsp3) is 0.222. The summed E-state index contributed by atoms with van der Waals surface area (Å²) < 4.78 is 27.8. The Balaban J connectivity index is 0.986. The lowest BCUT2D eigenvalue weighted by atomic mass is 10.0. The quantitative estimate of drug-likeness (QED) is 0.142. The van der Waals surface area contributed by atoms with Gasteiger partial charge in [-0.1, -0.05) is 0 Å². The summed E-state index contributed by atoms with van der Waals surface area (Å²) >= 11 is 0. The van der Waals surface area contributed by atoms with Gasteiger partial charge in [0.2, 0.25) is 0 Å². The molecule has 0 radical (unpaired) electrons. The van der Waals surface area contributed by atoms with Crippen LogP contribution in [0.3, 0.4) is 0 Å². The van der Waals surface area contributed by atoms with Crippen molar-refractivity contribution in [3.8, 4) is 0 Å². The summed E-state index contributed by atoms with van der Waals surface area (Å²) in [5, 5.41) is 11.4. The number of carbonyl (C=O) groups is 4. The minimum Gasteiger partial charge on any atom is -0.357 e. The molecule has 0 bridgehead atoms. The van der Waals surface area contributed by atoms with Gasteiger partial charge in [-0.25, -0.2) is 18.4 Å². The Hall–Kier alpha value is -6.18. The third-order valence-corrected chi connectivity index (χ3v) is 9.38. The normalized spacial score (nSPS) is 16.8. The summed E-state index contributed by atoms with van der Waals surface area (Å²) in [5.74, 6) is -1.58. The topological polar surface area (TPSA) is 154 Å². The van der Waals surface area contributed by atoms with Gasteiger partial charge in [0.25, 0.3) is 11.8 Å². The summed E-state index contributed by atoms with van der Waals surface area (Å²) in [6.07, 6.45) is 3.30. The monoisotopic (exact) mass is 680 g/mol. The minimum atomic E-state index is -0.449. The van der Waals surface area contributed by atoms with Crippen LogP contribution in [0.5, 0.6) is 0 Å². The number of halogens is 2. The number of benzene rings is 2. The number of nitrogens with one attached hydrogen (secondary N) is 6. The molecule has 0 unspecified atom stereocenters. The third-order valence-electron chi connectivity index (χ3n) is 9.38. The molecule has 12 nitrogen and oxygen atoms in total. The van der Waals surface area contributed by atoms with E-state index < -0.39 is 11.6 Å². The molecule has 1 fully saturated rings. The third kappa shape index (κ3) is 5.78. The van der Waals surface area contributed by atoms with E-state index in [2.05, 4.69) is 31.2 Å². The van der Waals surface area contributed by atoms with Gasteiger partial charge >= 0.3 is 12.1 Å². The molecule has 0 aliphatic carbocycles. The van der Waals surface area contributed by atoms with Gasteiger partial charge in [-0.15, -0.1) is 0 Å². The molecule has 0 saturated carbocycles. The number of aromatic amines is 2. The first-order valence-electron chi connectivity index (χ1n) is 16.0. The average molecular weight is 681 g/mol. The molecule has 50 heavy (non-hydrogen) atoms. The molecule has 3 aliphatic rings. The molecule has 2 aromatic heterocycles. The van der Waals surface area contributed by atoms with Crippen LogP contribution >= 0.6 is 0 Å². The maximum Gasteiger partial charge on any atom is 0.322 e. The van der Waals surface area contributed by atoms with E-state index in [1.165, 1.54) is 36.4 Å². The van der Waals surface area contributed by atoms with Crippen LogP contribution < -0.4 is 21.3 Å². The van der Waals surface area contributed by atoms with Crippen LogP contribution in [0.1, 0.15) is 45.0 Å². The van der Waals surface area contributed by atoms with E-state index in [1.807, 2.05) is 27.7 Å². The Bertz CT molecular complexity index is 2040. The van der Waals surface area contributed by atoms with Crippen LogP contribution in [0.4, 0.5) is 41.1 Å². The molecular weight excluding hydrogens is 646 g/mol. The first kappa shape index (κ1) is 32.4. The Labute approximate surface area is 285 Å². The lowest BCUT2D eigenvalue weighted by Crippen LogP contribution is -2.52. The second-order valence-electron chi connectivity index (χ2n) is 12.6. The zero-order valence-corrected chi connectivity index (χ0v) is 27.7. The number of fused-ring (bicyclic) bond motifs is 2. The number of aryl methyl sites for hydroxylation is 2. The van der Waals surface area contributed by atoms with Gasteiger partial charge < -0.3 is 41.0 Å². The zero-order chi connectivity index (χ0) is 35.4. The number of H-pyrrole nitrogens is 2. The number of anilines is 4. The van der Waals surface area contributed by atoms with Crippen molar-refractivity contribution in [3.05, 3.63) is 93.1 Å². The van der Waals surface area contributed by atoms with Crippen molar-refractivity contribution in [2.45, 2.75) is 27.7 Å². The predicted octanol–water partition coefficient (Wildman–Crippen LogP) is 6.22. The van der Waals surface area contributed by atoms with Gasteiger partial charge in [0.1, 0.15) is 11.6 Å². The van der Waals surface area contributed by atoms with Crippen LogP contribution in [-0.4, -0.2) is 69.8 Å². The number of amides is 6. The van der Waals surface area contributed by atoms with Crippen LogP contribution in [0.15, 0.2) is 36.4 Å². The lowest BCUT2D eigenvalue weighted by Gasteiger charge is -2.34. The molecule has 256 valence electrons. The molecular formula is C36H34F2N8O4. The van der Waals surface area contributed by atoms with Crippen LogP contribution in [0, 0.1) is 39.3 Å². The van der Waals surface area contributed by atoms with E-state index in [4.69, 9.17) is 0 Å². The maximum atomic E-state index is 13.9. The van der Waals surface area contributed by atoms with Gasteiger partial charge in [0.05, 0.1) is 22.5 Å². The summed E-state index contributed by atoms with van der Waals surface area (Å²) in [6.45, 7) is 8.46. The standard InChI is InChI=1S/C36H34F2N8O4/c1-17-29(15-25-23-13-21(37)5-7-27(23)41-33(25)47)39-19(3)31(17)43-35(49)45-9-11-46(12-10-45)36(50)44-32-18(2)30(40-20(32)4)16-26-24-14-22(38)6-8-28(24)42-34(26)48/h5-8,13-16,39-40H,9-12H2,1-4H3,(H,41,47)(H,42,48)(H,43,49)(H,44,50)/b25-15-,26-16-.